The monoisotopic (exact) mass is 171 g/mol. The summed E-state index contributed by atoms with van der Waals surface area (Å²) in [5.41, 5.74) is -0.326. The Balaban J connectivity index is 2.72. The van der Waals surface area contributed by atoms with Gasteiger partial charge in [0.25, 0.3) is 0 Å². The molecule has 0 amide bonds. The fraction of sp³-hybridized carbons (Fsp3) is 1.00. The molecule has 1 heterocycles. The van der Waals surface area contributed by atoms with Gasteiger partial charge in [0.15, 0.2) is 7.17 Å². The first kappa shape index (κ1) is 9.49. The molecule has 0 aromatic heterocycles. The van der Waals surface area contributed by atoms with Gasteiger partial charge in [-0.2, -0.15) is 0 Å². The summed E-state index contributed by atoms with van der Waals surface area (Å²) in [4.78, 5) is -0.496. The van der Waals surface area contributed by atoms with Gasteiger partial charge in [-0.15, -0.1) is 12.6 Å². The number of rotatable bonds is 1. The molecule has 1 saturated heterocycles. The molecule has 1 unspecified atom stereocenters. The molecule has 0 aliphatic carbocycles. The van der Waals surface area contributed by atoms with E-state index in [4.69, 9.17) is 9.31 Å². The fourth-order valence-corrected chi connectivity index (χ4v) is 1.08. The van der Waals surface area contributed by atoms with Gasteiger partial charge >= 0.3 is 7.01 Å². The summed E-state index contributed by atoms with van der Waals surface area (Å²) in [6.07, 6.45) is 0. The molecule has 0 aromatic rings. The maximum atomic E-state index is 5.56. The third kappa shape index (κ3) is 1.60. The minimum atomic E-state index is -0.496. The van der Waals surface area contributed by atoms with Gasteiger partial charge in [0, 0.05) is 0 Å². The highest BCUT2D eigenvalue weighted by Crippen LogP contribution is 2.39. The Labute approximate surface area is 74.8 Å². The predicted molar refractivity (Wildman–Crippen MR) is 51.0 cm³/mol. The first-order valence-corrected chi connectivity index (χ1v) is 4.21. The van der Waals surface area contributed by atoms with Crippen LogP contribution < -0.4 is 0 Å². The molecule has 1 radical (unpaired) electrons. The van der Waals surface area contributed by atoms with Crippen LogP contribution in [0.4, 0.5) is 0 Å². The number of hydrogen-bond acceptors (Lipinski definition) is 3. The zero-order valence-corrected chi connectivity index (χ0v) is 8.31. The van der Waals surface area contributed by atoms with Gasteiger partial charge in [0.2, 0.25) is 0 Å². The fourth-order valence-electron chi connectivity index (χ4n) is 0.928. The maximum absolute atomic E-state index is 5.56. The van der Waals surface area contributed by atoms with Crippen LogP contribution in [0.25, 0.3) is 0 Å². The lowest BCUT2D eigenvalue weighted by molar-refractivity contribution is 0.0619. The largest absolute Gasteiger partial charge is 0.409 e. The van der Waals surface area contributed by atoms with Crippen LogP contribution in [-0.2, 0) is 9.31 Å². The normalized spacial score (nSPS) is 35.9. The highest BCUT2D eigenvalue weighted by atomic mass is 32.1. The summed E-state index contributed by atoms with van der Waals surface area (Å²) >= 11 is 4.38. The summed E-state index contributed by atoms with van der Waals surface area (Å²) in [5.74, 6) is 0. The molecule has 11 heavy (non-hydrogen) atoms. The minimum Gasteiger partial charge on any atom is -0.409 e. The topological polar surface area (TPSA) is 18.5 Å². The second-order valence-corrected chi connectivity index (χ2v) is 4.28. The summed E-state index contributed by atoms with van der Waals surface area (Å²) < 4.78 is 11.1. The van der Waals surface area contributed by atoms with Gasteiger partial charge in [-0.05, 0) is 20.8 Å². The van der Waals surface area contributed by atoms with Crippen LogP contribution in [0, 0.1) is 0 Å². The lowest BCUT2D eigenvalue weighted by atomic mass is 9.46. The van der Waals surface area contributed by atoms with Crippen molar-refractivity contribution in [3.8, 4) is 0 Å². The average Bonchev–Trinajstić information content (AvgIpc) is 2.03. The summed E-state index contributed by atoms with van der Waals surface area (Å²) in [7, 11) is 1.66. The Bertz CT molecular complexity index is 145. The van der Waals surface area contributed by atoms with E-state index in [0.717, 1.165) is 0 Å². The van der Waals surface area contributed by atoms with E-state index in [0.29, 0.717) is 0 Å². The van der Waals surface area contributed by atoms with Gasteiger partial charge < -0.3 is 9.31 Å². The summed E-state index contributed by atoms with van der Waals surface area (Å²) in [5, 5.41) is 0. The zero-order valence-electron chi connectivity index (χ0n) is 7.42. The van der Waals surface area contributed by atoms with E-state index in [1.807, 2.05) is 34.8 Å². The van der Waals surface area contributed by atoms with Crippen LogP contribution >= 0.6 is 12.6 Å². The Hall–Kier alpha value is 0.400. The van der Waals surface area contributed by atoms with Crippen LogP contribution in [0.5, 0.6) is 0 Å². The Morgan fingerprint density at radius 3 is 2.00 bits per heavy atom. The van der Waals surface area contributed by atoms with Crippen molar-refractivity contribution >= 4 is 26.8 Å². The molecule has 1 fully saturated rings. The molecular formula is C6H13B2O2S. The summed E-state index contributed by atoms with van der Waals surface area (Å²) in [6, 6.07) is 0. The molecule has 0 saturated carbocycles. The van der Waals surface area contributed by atoms with Gasteiger partial charge in [0.1, 0.15) is 4.93 Å². The van der Waals surface area contributed by atoms with Crippen molar-refractivity contribution in [2.75, 3.05) is 0 Å². The molecule has 5 heteroatoms. The van der Waals surface area contributed by atoms with E-state index in [2.05, 4.69) is 12.6 Å². The van der Waals surface area contributed by atoms with Crippen molar-refractivity contribution in [3.05, 3.63) is 0 Å². The number of thiol groups is 1. The quantitative estimate of drug-likeness (QED) is 0.471. The second kappa shape index (κ2) is 2.71. The van der Waals surface area contributed by atoms with Crippen molar-refractivity contribution in [3.63, 3.8) is 0 Å². The van der Waals surface area contributed by atoms with Gasteiger partial charge in [-0.25, -0.2) is 0 Å². The van der Waals surface area contributed by atoms with Crippen LogP contribution in [0.3, 0.4) is 0 Å². The van der Waals surface area contributed by atoms with E-state index >= 15 is 0 Å². The molecule has 61 valence electrons. The molecular weight excluding hydrogens is 158 g/mol. The molecule has 1 aliphatic rings. The molecule has 2 nitrogen and oxygen atoms in total. The average molecular weight is 171 g/mol. The van der Waals surface area contributed by atoms with Gasteiger partial charge in [-0.3, -0.25) is 0 Å². The van der Waals surface area contributed by atoms with Gasteiger partial charge in [-0.1, -0.05) is 6.82 Å². The van der Waals surface area contributed by atoms with Crippen LogP contribution in [-0.4, -0.2) is 24.7 Å². The molecule has 0 bridgehead atoms. The molecule has 0 N–H and O–H groups in total. The number of hydrogen-bond donors (Lipinski definition) is 1. The Morgan fingerprint density at radius 1 is 1.27 bits per heavy atom. The highest BCUT2D eigenvalue weighted by Gasteiger charge is 2.50. The van der Waals surface area contributed by atoms with Crippen molar-refractivity contribution in [1.82, 2.24) is 0 Å². The minimum absolute atomic E-state index is 0.215. The molecule has 1 atom stereocenters. The van der Waals surface area contributed by atoms with E-state index in [9.17, 15) is 0 Å². The Morgan fingerprint density at radius 2 is 1.82 bits per heavy atom. The van der Waals surface area contributed by atoms with E-state index in [1.54, 1.807) is 0 Å². The SMILES string of the molecule is C[B]B1OC(C)(C)C(C)(S)O1. The third-order valence-electron chi connectivity index (χ3n) is 2.15. The lowest BCUT2D eigenvalue weighted by Crippen LogP contribution is -2.39. The Kier molecular flexibility index (Phi) is 2.34. The van der Waals surface area contributed by atoms with Crippen molar-refractivity contribution in [2.45, 2.75) is 38.1 Å². The van der Waals surface area contributed by atoms with Crippen molar-refractivity contribution in [2.24, 2.45) is 0 Å². The second-order valence-electron chi connectivity index (χ2n) is 3.43. The first-order valence-electron chi connectivity index (χ1n) is 3.76. The maximum Gasteiger partial charge on any atom is 0.398 e. The standard InChI is InChI=1S/C6H13B2O2S/c1-5(2)6(3,11)10-8(7-4)9-5/h11H,1-4H3. The molecule has 1 rings (SSSR count). The predicted octanol–water partition coefficient (Wildman–Crippen LogP) is 1.19. The van der Waals surface area contributed by atoms with Crippen LogP contribution in [0.15, 0.2) is 0 Å². The van der Waals surface area contributed by atoms with Crippen LogP contribution in [0.1, 0.15) is 20.8 Å². The zero-order chi connectivity index (χ0) is 8.70. The van der Waals surface area contributed by atoms with E-state index in [-0.39, 0.29) is 12.6 Å². The van der Waals surface area contributed by atoms with Crippen molar-refractivity contribution < 1.29 is 9.31 Å². The van der Waals surface area contributed by atoms with Crippen LogP contribution in [0.2, 0.25) is 6.82 Å². The van der Waals surface area contributed by atoms with Gasteiger partial charge in [0.05, 0.1) is 5.60 Å². The van der Waals surface area contributed by atoms with E-state index in [1.165, 1.54) is 0 Å². The molecule has 0 spiro atoms. The smallest absolute Gasteiger partial charge is 0.398 e. The third-order valence-corrected chi connectivity index (χ3v) is 2.79. The lowest BCUT2D eigenvalue weighted by Gasteiger charge is -2.31. The highest BCUT2D eigenvalue weighted by molar-refractivity contribution is 7.81. The van der Waals surface area contributed by atoms with Crippen molar-refractivity contribution in [1.29, 1.82) is 0 Å². The molecule has 0 aromatic carbocycles. The van der Waals surface area contributed by atoms with E-state index < -0.39 is 4.93 Å². The molecule has 1 aliphatic heterocycles. The summed E-state index contributed by atoms with van der Waals surface area (Å²) in [6.45, 7) is 7.78. The first-order chi connectivity index (χ1) is 4.89.